The molecule has 0 saturated carbocycles. The van der Waals surface area contributed by atoms with Crippen LogP contribution in [0.1, 0.15) is 22.6 Å². The van der Waals surface area contributed by atoms with E-state index in [1.807, 2.05) is 31.2 Å². The molecule has 27 heavy (non-hydrogen) atoms. The summed E-state index contributed by atoms with van der Waals surface area (Å²) >= 11 is 17.2. The minimum Gasteiger partial charge on any atom is -0.384 e. The molecule has 0 bridgehead atoms. The third-order valence-electron chi connectivity index (χ3n) is 4.40. The van der Waals surface area contributed by atoms with Crippen LogP contribution in [0.25, 0.3) is 5.70 Å². The van der Waals surface area contributed by atoms with Crippen molar-refractivity contribution in [3.05, 3.63) is 86.2 Å². The fraction of sp³-hybridized carbons (Fsp3) is 0.100. The van der Waals surface area contributed by atoms with Crippen molar-refractivity contribution < 1.29 is 0 Å². The number of nitrogens with zero attached hydrogens (tertiary/aromatic N) is 3. The molecule has 2 aromatic rings. The van der Waals surface area contributed by atoms with Crippen molar-refractivity contribution >= 4 is 41.7 Å². The molecule has 2 N–H and O–H groups in total. The Balaban J connectivity index is 2.36. The Kier molecular flexibility index (Phi) is 5.39. The first kappa shape index (κ1) is 19.2. The SMILES string of the molecule is Cc1ccc(C2=C(C#N)C(c3c(Cl)cccc3Cl)C(C#N)=C(N)N2S)cc1. The van der Waals surface area contributed by atoms with Crippen LogP contribution in [0.15, 0.2) is 59.4 Å². The Morgan fingerprint density at radius 1 is 1.00 bits per heavy atom. The van der Waals surface area contributed by atoms with Crippen LogP contribution in [0, 0.1) is 29.6 Å². The molecule has 3 rings (SSSR count). The second kappa shape index (κ2) is 7.58. The van der Waals surface area contributed by atoms with Crippen LogP contribution in [-0.2, 0) is 0 Å². The molecule has 1 unspecified atom stereocenters. The van der Waals surface area contributed by atoms with Gasteiger partial charge in [0.2, 0.25) is 0 Å². The number of hydrogen-bond donors (Lipinski definition) is 2. The summed E-state index contributed by atoms with van der Waals surface area (Å²) in [6.07, 6.45) is 0. The standard InChI is InChI=1S/C20H14Cl2N4S/c1-11-5-7-12(8-6-11)19-13(9-23)17(14(10-24)20(25)26(19)27)18-15(21)3-2-4-16(18)22/h2-8,17,27H,25H2,1H3. The van der Waals surface area contributed by atoms with Gasteiger partial charge in [-0.05, 0) is 19.1 Å². The molecule has 1 aliphatic rings. The smallest absolute Gasteiger partial charge is 0.128 e. The molecule has 0 aliphatic carbocycles. The number of allylic oxidation sites excluding steroid dienone is 2. The Morgan fingerprint density at radius 3 is 2.07 bits per heavy atom. The first-order valence-electron chi connectivity index (χ1n) is 7.94. The Hall–Kier alpha value is -2.57. The van der Waals surface area contributed by atoms with Crippen LogP contribution < -0.4 is 5.73 Å². The lowest BCUT2D eigenvalue weighted by Gasteiger charge is -2.33. The number of benzene rings is 2. The molecule has 0 saturated heterocycles. The molecule has 134 valence electrons. The van der Waals surface area contributed by atoms with Crippen molar-refractivity contribution in [1.82, 2.24) is 4.31 Å². The number of rotatable bonds is 2. The van der Waals surface area contributed by atoms with Gasteiger partial charge in [0.15, 0.2) is 0 Å². The second-order valence-corrected chi connectivity index (χ2v) is 7.25. The van der Waals surface area contributed by atoms with Gasteiger partial charge in [-0.2, -0.15) is 10.5 Å². The monoisotopic (exact) mass is 412 g/mol. The molecule has 0 aromatic heterocycles. The number of nitrogens with two attached hydrogens (primary N) is 1. The summed E-state index contributed by atoms with van der Waals surface area (Å²) in [7, 11) is 0. The Bertz CT molecular complexity index is 1040. The minimum atomic E-state index is -0.777. The van der Waals surface area contributed by atoms with Gasteiger partial charge in [-0.25, -0.2) is 0 Å². The van der Waals surface area contributed by atoms with Gasteiger partial charge in [0.25, 0.3) is 0 Å². The van der Waals surface area contributed by atoms with Gasteiger partial charge >= 0.3 is 0 Å². The third kappa shape index (κ3) is 3.26. The fourth-order valence-electron chi connectivity index (χ4n) is 3.08. The lowest BCUT2D eigenvalue weighted by molar-refractivity contribution is 0.720. The number of hydrogen-bond acceptors (Lipinski definition) is 5. The van der Waals surface area contributed by atoms with Gasteiger partial charge in [-0.1, -0.05) is 71.9 Å². The van der Waals surface area contributed by atoms with Crippen molar-refractivity contribution in [1.29, 1.82) is 10.5 Å². The quantitative estimate of drug-likeness (QED) is 0.666. The van der Waals surface area contributed by atoms with E-state index in [0.29, 0.717) is 26.9 Å². The molecule has 1 atom stereocenters. The van der Waals surface area contributed by atoms with Crippen molar-refractivity contribution in [2.24, 2.45) is 5.73 Å². The minimum absolute atomic E-state index is 0.136. The molecule has 0 amide bonds. The summed E-state index contributed by atoms with van der Waals surface area (Å²) in [5.41, 5.74) is 9.49. The van der Waals surface area contributed by atoms with Gasteiger partial charge < -0.3 is 5.73 Å². The van der Waals surface area contributed by atoms with Crippen molar-refractivity contribution in [2.45, 2.75) is 12.8 Å². The summed E-state index contributed by atoms with van der Waals surface area (Å²) in [4.78, 5) is 0. The van der Waals surface area contributed by atoms with Crippen LogP contribution in [0.3, 0.4) is 0 Å². The average Bonchev–Trinajstić information content (AvgIpc) is 2.65. The van der Waals surface area contributed by atoms with Crippen molar-refractivity contribution in [3.8, 4) is 12.1 Å². The van der Waals surface area contributed by atoms with E-state index in [0.717, 1.165) is 11.1 Å². The Labute approximate surface area is 173 Å². The molecule has 4 nitrogen and oxygen atoms in total. The highest BCUT2D eigenvalue weighted by Gasteiger charge is 2.37. The molecule has 1 heterocycles. The van der Waals surface area contributed by atoms with Gasteiger partial charge in [0.1, 0.15) is 5.82 Å². The van der Waals surface area contributed by atoms with E-state index < -0.39 is 5.92 Å². The summed E-state index contributed by atoms with van der Waals surface area (Å²) < 4.78 is 1.36. The number of nitriles is 2. The summed E-state index contributed by atoms with van der Waals surface area (Å²) in [5.74, 6) is -0.641. The number of thiol groups is 1. The molecule has 0 spiro atoms. The highest BCUT2D eigenvalue weighted by molar-refractivity contribution is 7.78. The maximum absolute atomic E-state index is 9.98. The van der Waals surface area contributed by atoms with Gasteiger partial charge in [-0.15, -0.1) is 0 Å². The van der Waals surface area contributed by atoms with Crippen molar-refractivity contribution in [2.75, 3.05) is 0 Å². The highest BCUT2D eigenvalue weighted by atomic mass is 35.5. The maximum atomic E-state index is 9.98. The highest BCUT2D eigenvalue weighted by Crippen LogP contribution is 2.47. The topological polar surface area (TPSA) is 76.8 Å². The zero-order valence-electron chi connectivity index (χ0n) is 14.2. The molecule has 0 radical (unpaired) electrons. The first-order chi connectivity index (χ1) is 12.9. The maximum Gasteiger partial charge on any atom is 0.128 e. The number of halogens is 2. The largest absolute Gasteiger partial charge is 0.384 e. The summed E-state index contributed by atoms with van der Waals surface area (Å²) in [5, 5.41) is 20.4. The fourth-order valence-corrected chi connectivity index (χ4v) is 4.03. The van der Waals surface area contributed by atoms with E-state index in [4.69, 9.17) is 28.9 Å². The third-order valence-corrected chi connectivity index (χ3v) is 5.48. The van der Waals surface area contributed by atoms with Crippen LogP contribution in [0.4, 0.5) is 0 Å². The van der Waals surface area contributed by atoms with Gasteiger partial charge in [0.05, 0.1) is 34.9 Å². The van der Waals surface area contributed by atoms with E-state index in [-0.39, 0.29) is 11.4 Å². The van der Waals surface area contributed by atoms with Crippen LogP contribution >= 0.6 is 36.0 Å². The predicted octanol–water partition coefficient (Wildman–Crippen LogP) is 5.17. The lowest BCUT2D eigenvalue weighted by atomic mass is 9.81. The Morgan fingerprint density at radius 2 is 1.56 bits per heavy atom. The van der Waals surface area contributed by atoms with Crippen LogP contribution in [0.2, 0.25) is 10.0 Å². The molecule has 1 aliphatic heterocycles. The van der Waals surface area contributed by atoms with Gasteiger partial charge in [-0.3, -0.25) is 4.31 Å². The van der Waals surface area contributed by atoms with E-state index in [1.54, 1.807) is 18.2 Å². The summed E-state index contributed by atoms with van der Waals surface area (Å²) in [6.45, 7) is 1.97. The van der Waals surface area contributed by atoms with E-state index >= 15 is 0 Å². The van der Waals surface area contributed by atoms with E-state index in [9.17, 15) is 10.5 Å². The van der Waals surface area contributed by atoms with E-state index in [1.165, 1.54) is 4.31 Å². The zero-order chi connectivity index (χ0) is 19.7. The molecule has 2 aromatic carbocycles. The van der Waals surface area contributed by atoms with Crippen LogP contribution in [0.5, 0.6) is 0 Å². The van der Waals surface area contributed by atoms with Crippen molar-refractivity contribution in [3.63, 3.8) is 0 Å². The molecule has 0 fully saturated rings. The lowest BCUT2D eigenvalue weighted by Crippen LogP contribution is -2.28. The van der Waals surface area contributed by atoms with Crippen LogP contribution in [-0.4, -0.2) is 4.31 Å². The zero-order valence-corrected chi connectivity index (χ0v) is 16.6. The average molecular weight is 413 g/mol. The first-order valence-corrected chi connectivity index (χ1v) is 9.10. The second-order valence-electron chi connectivity index (χ2n) is 6.03. The summed E-state index contributed by atoms with van der Waals surface area (Å²) in [6, 6.07) is 17.0. The van der Waals surface area contributed by atoms with Gasteiger partial charge in [0, 0.05) is 21.2 Å². The molecular weight excluding hydrogens is 399 g/mol. The predicted molar refractivity (Wildman–Crippen MR) is 111 cm³/mol. The normalized spacial score (nSPS) is 17.0. The van der Waals surface area contributed by atoms with E-state index in [2.05, 4.69) is 25.0 Å². The molecular formula is C20H14Cl2N4S. The number of aryl methyl sites for hydroxylation is 1. The molecule has 7 heteroatoms.